The van der Waals surface area contributed by atoms with Crippen LogP contribution in [0.5, 0.6) is 5.88 Å². The van der Waals surface area contributed by atoms with Crippen molar-refractivity contribution in [2.75, 3.05) is 0 Å². The monoisotopic (exact) mass is 318 g/mol. The molecule has 0 saturated carbocycles. The van der Waals surface area contributed by atoms with Gasteiger partial charge in [-0.3, -0.25) is 4.98 Å². The Kier molecular flexibility index (Phi) is 4.14. The number of hydrogen-bond acceptors (Lipinski definition) is 5. The third kappa shape index (κ3) is 3.11. The summed E-state index contributed by atoms with van der Waals surface area (Å²) in [6, 6.07) is 11.7. The van der Waals surface area contributed by atoms with E-state index in [0.717, 1.165) is 35.5 Å². The molecular formula is C19H18N4O. The van der Waals surface area contributed by atoms with Crippen LogP contribution in [0.4, 0.5) is 0 Å². The molecule has 1 aliphatic carbocycles. The molecule has 0 atom stereocenters. The highest BCUT2D eigenvalue weighted by Gasteiger charge is 2.19. The molecule has 24 heavy (non-hydrogen) atoms. The van der Waals surface area contributed by atoms with Crippen LogP contribution in [0.25, 0.3) is 11.3 Å². The minimum absolute atomic E-state index is 0.409. The van der Waals surface area contributed by atoms with Gasteiger partial charge in [0.25, 0.3) is 0 Å². The van der Waals surface area contributed by atoms with E-state index >= 15 is 0 Å². The molecule has 3 aromatic heterocycles. The van der Waals surface area contributed by atoms with Crippen molar-refractivity contribution in [3.8, 4) is 17.1 Å². The average molecular weight is 318 g/mol. The molecule has 0 fully saturated rings. The van der Waals surface area contributed by atoms with Gasteiger partial charge in [0.2, 0.25) is 5.88 Å². The molecule has 0 amide bonds. The van der Waals surface area contributed by atoms with Gasteiger partial charge in [-0.05, 0) is 55.5 Å². The number of ether oxygens (including phenoxy) is 1. The van der Waals surface area contributed by atoms with E-state index in [1.54, 1.807) is 12.4 Å². The van der Waals surface area contributed by atoms with Crippen molar-refractivity contribution in [1.82, 2.24) is 20.2 Å². The lowest BCUT2D eigenvalue weighted by atomic mass is 9.91. The molecule has 0 spiro atoms. The topological polar surface area (TPSA) is 60.8 Å². The zero-order valence-electron chi connectivity index (χ0n) is 13.4. The number of nitrogens with zero attached hydrogens (tertiary/aromatic N) is 4. The summed E-state index contributed by atoms with van der Waals surface area (Å²) in [4.78, 5) is 9.00. The normalized spacial score (nSPS) is 13.3. The maximum Gasteiger partial charge on any atom is 0.214 e. The summed E-state index contributed by atoms with van der Waals surface area (Å²) in [7, 11) is 0. The van der Waals surface area contributed by atoms with E-state index in [0.29, 0.717) is 12.5 Å². The third-order valence-corrected chi connectivity index (χ3v) is 4.22. The van der Waals surface area contributed by atoms with Crippen molar-refractivity contribution in [3.63, 3.8) is 0 Å². The van der Waals surface area contributed by atoms with Crippen LogP contribution in [0.3, 0.4) is 0 Å². The molecule has 0 N–H and O–H groups in total. The van der Waals surface area contributed by atoms with Crippen molar-refractivity contribution >= 4 is 0 Å². The van der Waals surface area contributed by atoms with E-state index in [4.69, 9.17) is 9.72 Å². The predicted octanol–water partition coefficient (Wildman–Crippen LogP) is 3.39. The molecule has 0 saturated heterocycles. The second-order valence-electron chi connectivity index (χ2n) is 5.86. The fourth-order valence-electron chi connectivity index (χ4n) is 3.06. The molecule has 0 aromatic carbocycles. The lowest BCUT2D eigenvalue weighted by molar-refractivity contribution is 0.288. The van der Waals surface area contributed by atoms with Gasteiger partial charge in [-0.1, -0.05) is 6.07 Å². The minimum Gasteiger partial charge on any atom is -0.471 e. The van der Waals surface area contributed by atoms with Crippen LogP contribution in [0.1, 0.15) is 29.8 Å². The van der Waals surface area contributed by atoms with Gasteiger partial charge in [-0.2, -0.15) is 10.2 Å². The highest BCUT2D eigenvalue weighted by atomic mass is 16.5. The Morgan fingerprint density at radius 3 is 2.79 bits per heavy atom. The van der Waals surface area contributed by atoms with Gasteiger partial charge in [0.15, 0.2) is 0 Å². The second kappa shape index (κ2) is 6.74. The van der Waals surface area contributed by atoms with E-state index in [1.165, 1.54) is 18.4 Å². The largest absolute Gasteiger partial charge is 0.471 e. The Balaban J connectivity index is 1.68. The molecule has 1 aliphatic rings. The summed E-state index contributed by atoms with van der Waals surface area (Å²) >= 11 is 0. The highest BCUT2D eigenvalue weighted by molar-refractivity contribution is 5.65. The summed E-state index contributed by atoms with van der Waals surface area (Å²) in [6.45, 7) is 0.409. The van der Waals surface area contributed by atoms with Crippen molar-refractivity contribution in [2.24, 2.45) is 0 Å². The summed E-state index contributed by atoms with van der Waals surface area (Å²) in [5, 5.41) is 8.28. The van der Waals surface area contributed by atoms with Gasteiger partial charge in [-0.15, -0.1) is 0 Å². The molecule has 3 aromatic rings. The van der Waals surface area contributed by atoms with Crippen molar-refractivity contribution in [1.29, 1.82) is 0 Å². The Morgan fingerprint density at radius 2 is 1.96 bits per heavy atom. The van der Waals surface area contributed by atoms with Crippen molar-refractivity contribution < 1.29 is 4.74 Å². The van der Waals surface area contributed by atoms with Crippen molar-refractivity contribution in [3.05, 3.63) is 65.7 Å². The summed E-state index contributed by atoms with van der Waals surface area (Å²) in [6.07, 6.45) is 7.84. The first-order chi connectivity index (χ1) is 11.9. The molecule has 0 bridgehead atoms. The van der Waals surface area contributed by atoms with Gasteiger partial charge in [-0.25, -0.2) is 4.98 Å². The summed E-state index contributed by atoms with van der Waals surface area (Å²) in [5.41, 5.74) is 5.26. The van der Waals surface area contributed by atoms with Crippen LogP contribution in [0.2, 0.25) is 0 Å². The van der Waals surface area contributed by atoms with Gasteiger partial charge in [0, 0.05) is 29.7 Å². The quantitative estimate of drug-likeness (QED) is 0.738. The van der Waals surface area contributed by atoms with Crippen LogP contribution >= 0.6 is 0 Å². The standard InChI is InChI=1S/C19H18N4O/c1-2-8-17-15(7-1)16(18-9-5-11-21-23-18)12-19(22-17)24-13-14-6-3-4-10-20-14/h3-6,9-12H,1-2,7-8,13H2. The minimum atomic E-state index is 0.409. The zero-order valence-corrected chi connectivity index (χ0v) is 13.4. The molecule has 0 radical (unpaired) electrons. The fraction of sp³-hybridized carbons (Fsp3) is 0.263. The van der Waals surface area contributed by atoms with Gasteiger partial charge >= 0.3 is 0 Å². The Morgan fingerprint density at radius 1 is 1.00 bits per heavy atom. The maximum absolute atomic E-state index is 5.90. The van der Waals surface area contributed by atoms with Crippen LogP contribution < -0.4 is 4.74 Å². The van der Waals surface area contributed by atoms with Gasteiger partial charge in [0.05, 0.1) is 11.4 Å². The molecule has 0 aliphatic heterocycles. The molecule has 3 heterocycles. The molecule has 5 heteroatoms. The third-order valence-electron chi connectivity index (χ3n) is 4.22. The van der Waals surface area contributed by atoms with Gasteiger partial charge in [0.1, 0.15) is 6.61 Å². The van der Waals surface area contributed by atoms with E-state index in [1.807, 2.05) is 36.4 Å². The Labute approximate surface area is 140 Å². The maximum atomic E-state index is 5.90. The number of aryl methyl sites for hydroxylation is 1. The molecule has 5 nitrogen and oxygen atoms in total. The smallest absolute Gasteiger partial charge is 0.214 e. The summed E-state index contributed by atoms with van der Waals surface area (Å²) < 4.78 is 5.90. The molecule has 4 rings (SSSR count). The first-order valence-electron chi connectivity index (χ1n) is 8.24. The van der Waals surface area contributed by atoms with E-state index in [9.17, 15) is 0 Å². The number of aromatic nitrogens is 4. The van der Waals surface area contributed by atoms with E-state index in [-0.39, 0.29) is 0 Å². The SMILES string of the molecule is c1ccc(COc2cc(-c3cccnn3)c3c(n2)CCCC3)nc1. The Hall–Kier alpha value is -2.82. The number of pyridine rings is 2. The average Bonchev–Trinajstić information content (AvgIpc) is 2.67. The summed E-state index contributed by atoms with van der Waals surface area (Å²) in [5.74, 6) is 0.627. The Bertz CT molecular complexity index is 822. The van der Waals surface area contributed by atoms with Crippen LogP contribution in [-0.2, 0) is 19.4 Å². The van der Waals surface area contributed by atoms with Crippen LogP contribution in [-0.4, -0.2) is 20.2 Å². The zero-order chi connectivity index (χ0) is 16.2. The van der Waals surface area contributed by atoms with Gasteiger partial charge < -0.3 is 4.74 Å². The molecular weight excluding hydrogens is 300 g/mol. The fourth-order valence-corrected chi connectivity index (χ4v) is 3.06. The first-order valence-corrected chi connectivity index (χ1v) is 8.24. The molecule has 120 valence electrons. The molecule has 0 unspecified atom stereocenters. The number of fused-ring (bicyclic) bond motifs is 1. The van der Waals surface area contributed by atoms with Crippen LogP contribution in [0.15, 0.2) is 48.8 Å². The lowest BCUT2D eigenvalue weighted by Gasteiger charge is -2.19. The predicted molar refractivity (Wildman–Crippen MR) is 90.5 cm³/mol. The first kappa shape index (κ1) is 14.8. The van der Waals surface area contributed by atoms with Crippen molar-refractivity contribution in [2.45, 2.75) is 32.3 Å². The lowest BCUT2D eigenvalue weighted by Crippen LogP contribution is -2.10. The number of hydrogen-bond donors (Lipinski definition) is 0. The van der Waals surface area contributed by atoms with E-state index < -0.39 is 0 Å². The van der Waals surface area contributed by atoms with E-state index in [2.05, 4.69) is 15.2 Å². The van der Waals surface area contributed by atoms with Crippen LogP contribution in [0, 0.1) is 0 Å². The number of rotatable bonds is 4. The highest BCUT2D eigenvalue weighted by Crippen LogP contribution is 2.32. The second-order valence-corrected chi connectivity index (χ2v) is 5.86.